The highest BCUT2D eigenvalue weighted by Crippen LogP contribution is 2.30. The second kappa shape index (κ2) is 3.91. The van der Waals surface area contributed by atoms with E-state index in [4.69, 9.17) is 6.42 Å². The number of thiophene rings is 1. The molecule has 0 saturated carbocycles. The van der Waals surface area contributed by atoms with E-state index in [2.05, 4.69) is 21.9 Å². The third-order valence-electron chi connectivity index (χ3n) is 1.26. The largest absolute Gasteiger partial charge is 0.387 e. The predicted octanol–water partition coefficient (Wildman–Crippen LogP) is 2.57. The molecule has 58 valence electrons. The van der Waals surface area contributed by atoms with Crippen molar-refractivity contribution in [1.29, 1.82) is 0 Å². The Morgan fingerprint density at radius 1 is 1.82 bits per heavy atom. The summed E-state index contributed by atoms with van der Waals surface area (Å²) in [4.78, 5) is 0.906. The Kier molecular flexibility index (Phi) is 3.13. The maximum absolute atomic E-state index is 9.43. The summed E-state index contributed by atoms with van der Waals surface area (Å²) in [6, 6.07) is 1.90. The summed E-state index contributed by atoms with van der Waals surface area (Å²) < 4.78 is 0.935. The van der Waals surface area contributed by atoms with E-state index in [1.54, 1.807) is 0 Å². The van der Waals surface area contributed by atoms with E-state index >= 15 is 0 Å². The topological polar surface area (TPSA) is 20.2 Å². The van der Waals surface area contributed by atoms with Gasteiger partial charge in [0.15, 0.2) is 0 Å². The molecule has 0 spiro atoms. The van der Waals surface area contributed by atoms with Crippen LogP contribution in [0.25, 0.3) is 0 Å². The van der Waals surface area contributed by atoms with Gasteiger partial charge in [0.05, 0.1) is 0 Å². The molecule has 1 rings (SSSR count). The van der Waals surface area contributed by atoms with Gasteiger partial charge >= 0.3 is 0 Å². The summed E-state index contributed by atoms with van der Waals surface area (Å²) in [5.41, 5.74) is 0. The van der Waals surface area contributed by atoms with Gasteiger partial charge in [0, 0.05) is 15.8 Å². The van der Waals surface area contributed by atoms with Crippen molar-refractivity contribution in [2.24, 2.45) is 0 Å². The highest BCUT2D eigenvalue weighted by atomic mass is 79.9. The zero-order valence-electron chi connectivity index (χ0n) is 5.75. The molecule has 0 aliphatic rings. The molecule has 0 radical (unpaired) electrons. The van der Waals surface area contributed by atoms with Crippen LogP contribution >= 0.6 is 27.3 Å². The van der Waals surface area contributed by atoms with Crippen LogP contribution in [0.4, 0.5) is 0 Å². The van der Waals surface area contributed by atoms with Crippen LogP contribution < -0.4 is 0 Å². The molecule has 1 atom stereocenters. The molecular weight excluding hydrogens is 224 g/mol. The van der Waals surface area contributed by atoms with Crippen LogP contribution in [0, 0.1) is 12.3 Å². The Labute approximate surface area is 78.2 Å². The SMILES string of the molecule is C#CCC(O)c1sccc1Br. The summed E-state index contributed by atoms with van der Waals surface area (Å²) in [6.45, 7) is 0. The quantitative estimate of drug-likeness (QED) is 0.775. The van der Waals surface area contributed by atoms with E-state index in [1.165, 1.54) is 11.3 Å². The smallest absolute Gasteiger partial charge is 0.100 e. The molecule has 1 nitrogen and oxygen atoms in total. The molecule has 1 aromatic rings. The first-order chi connectivity index (χ1) is 5.25. The zero-order valence-corrected chi connectivity index (χ0v) is 8.15. The minimum atomic E-state index is -0.519. The van der Waals surface area contributed by atoms with Gasteiger partial charge in [-0.25, -0.2) is 0 Å². The summed E-state index contributed by atoms with van der Waals surface area (Å²) in [5.74, 6) is 2.42. The molecular formula is C8H7BrOS. The van der Waals surface area contributed by atoms with Crippen molar-refractivity contribution in [3.63, 3.8) is 0 Å². The van der Waals surface area contributed by atoms with E-state index in [1.807, 2.05) is 11.4 Å². The summed E-state index contributed by atoms with van der Waals surface area (Å²) in [6.07, 6.45) is 4.92. The lowest BCUT2D eigenvalue weighted by molar-refractivity contribution is 0.187. The first-order valence-corrected chi connectivity index (χ1v) is 4.77. The number of aliphatic hydroxyl groups is 1. The molecule has 0 aromatic carbocycles. The van der Waals surface area contributed by atoms with E-state index in [9.17, 15) is 5.11 Å². The van der Waals surface area contributed by atoms with Crippen LogP contribution in [0.1, 0.15) is 17.4 Å². The van der Waals surface area contributed by atoms with E-state index in [0.29, 0.717) is 6.42 Å². The molecule has 3 heteroatoms. The van der Waals surface area contributed by atoms with E-state index in [0.717, 1.165) is 9.35 Å². The number of hydrogen-bond acceptors (Lipinski definition) is 2. The summed E-state index contributed by atoms with van der Waals surface area (Å²) in [5, 5.41) is 11.3. The van der Waals surface area contributed by atoms with Crippen molar-refractivity contribution in [3.05, 3.63) is 20.8 Å². The lowest BCUT2D eigenvalue weighted by atomic mass is 10.2. The fourth-order valence-corrected chi connectivity index (χ4v) is 2.37. The molecule has 0 bridgehead atoms. The number of terminal acetylenes is 1. The van der Waals surface area contributed by atoms with Gasteiger partial charge in [-0.05, 0) is 27.4 Å². The molecule has 1 aromatic heterocycles. The Hall–Kier alpha value is -0.300. The number of hydrogen-bond donors (Lipinski definition) is 1. The molecule has 1 unspecified atom stereocenters. The van der Waals surface area contributed by atoms with Crippen LogP contribution in [0.15, 0.2) is 15.9 Å². The highest BCUT2D eigenvalue weighted by molar-refractivity contribution is 9.10. The second-order valence-electron chi connectivity index (χ2n) is 2.06. The summed E-state index contributed by atoms with van der Waals surface area (Å²) >= 11 is 4.82. The average Bonchev–Trinajstić information content (AvgIpc) is 2.36. The lowest BCUT2D eigenvalue weighted by Crippen LogP contribution is -1.92. The van der Waals surface area contributed by atoms with Crippen molar-refractivity contribution < 1.29 is 5.11 Å². The number of rotatable bonds is 2. The molecule has 0 aliphatic heterocycles. The maximum Gasteiger partial charge on any atom is 0.100 e. The zero-order chi connectivity index (χ0) is 8.27. The van der Waals surface area contributed by atoms with Gasteiger partial charge in [0.1, 0.15) is 6.10 Å². The van der Waals surface area contributed by atoms with Crippen LogP contribution in [0.5, 0.6) is 0 Å². The van der Waals surface area contributed by atoms with Gasteiger partial charge in [-0.2, -0.15) is 0 Å². The van der Waals surface area contributed by atoms with E-state index in [-0.39, 0.29) is 0 Å². The fourth-order valence-electron chi connectivity index (χ4n) is 0.748. The molecule has 1 heterocycles. The van der Waals surface area contributed by atoms with Crippen molar-refractivity contribution in [2.45, 2.75) is 12.5 Å². The van der Waals surface area contributed by atoms with Crippen LogP contribution in [-0.4, -0.2) is 5.11 Å². The van der Waals surface area contributed by atoms with Crippen molar-refractivity contribution in [3.8, 4) is 12.3 Å². The van der Waals surface area contributed by atoms with Gasteiger partial charge in [-0.3, -0.25) is 0 Å². The third-order valence-corrected chi connectivity index (χ3v) is 3.23. The minimum Gasteiger partial charge on any atom is -0.387 e. The van der Waals surface area contributed by atoms with E-state index < -0.39 is 6.10 Å². The number of aliphatic hydroxyl groups excluding tert-OH is 1. The monoisotopic (exact) mass is 230 g/mol. The average molecular weight is 231 g/mol. The first kappa shape index (κ1) is 8.79. The molecule has 0 aliphatic carbocycles. The Morgan fingerprint density at radius 3 is 3.00 bits per heavy atom. The Balaban J connectivity index is 2.77. The highest BCUT2D eigenvalue weighted by Gasteiger charge is 2.10. The van der Waals surface area contributed by atoms with Gasteiger partial charge in [0.25, 0.3) is 0 Å². The van der Waals surface area contributed by atoms with Gasteiger partial charge < -0.3 is 5.11 Å². The Morgan fingerprint density at radius 2 is 2.55 bits per heavy atom. The molecule has 0 amide bonds. The summed E-state index contributed by atoms with van der Waals surface area (Å²) in [7, 11) is 0. The predicted molar refractivity (Wildman–Crippen MR) is 50.4 cm³/mol. The van der Waals surface area contributed by atoms with Crippen molar-refractivity contribution >= 4 is 27.3 Å². The Bertz CT molecular complexity index is 274. The molecule has 0 fully saturated rings. The van der Waals surface area contributed by atoms with Crippen LogP contribution in [0.2, 0.25) is 0 Å². The fraction of sp³-hybridized carbons (Fsp3) is 0.250. The lowest BCUT2D eigenvalue weighted by Gasteiger charge is -2.03. The first-order valence-electron chi connectivity index (χ1n) is 3.10. The van der Waals surface area contributed by atoms with Crippen molar-refractivity contribution in [1.82, 2.24) is 0 Å². The minimum absolute atomic E-state index is 0.374. The second-order valence-corrected chi connectivity index (χ2v) is 3.86. The standard InChI is InChI=1S/C8H7BrOS/c1-2-3-7(10)8-6(9)4-5-11-8/h1,4-5,7,10H,3H2. The van der Waals surface area contributed by atoms with Crippen LogP contribution in [0.3, 0.4) is 0 Å². The van der Waals surface area contributed by atoms with Crippen LogP contribution in [-0.2, 0) is 0 Å². The molecule has 0 saturated heterocycles. The molecule has 11 heavy (non-hydrogen) atoms. The van der Waals surface area contributed by atoms with Crippen molar-refractivity contribution in [2.75, 3.05) is 0 Å². The molecule has 1 N–H and O–H groups in total. The van der Waals surface area contributed by atoms with Gasteiger partial charge in [0.2, 0.25) is 0 Å². The number of halogens is 1. The third kappa shape index (κ3) is 2.06. The van der Waals surface area contributed by atoms with Gasteiger partial charge in [-0.1, -0.05) is 0 Å². The normalized spacial score (nSPS) is 12.5. The van der Waals surface area contributed by atoms with Gasteiger partial charge in [-0.15, -0.1) is 23.7 Å². The maximum atomic E-state index is 9.43.